The van der Waals surface area contributed by atoms with Crippen LogP contribution in [0.1, 0.15) is 18.9 Å². The number of aryl methyl sites for hydroxylation is 1. The third kappa shape index (κ3) is 5.08. The van der Waals surface area contributed by atoms with Crippen molar-refractivity contribution in [2.45, 2.75) is 29.8 Å². The van der Waals surface area contributed by atoms with E-state index in [4.69, 9.17) is 16.3 Å². The van der Waals surface area contributed by atoms with E-state index in [1.165, 1.54) is 25.4 Å². The van der Waals surface area contributed by atoms with Crippen LogP contribution >= 0.6 is 11.6 Å². The lowest BCUT2D eigenvalue weighted by Gasteiger charge is -2.10. The second-order valence-corrected chi connectivity index (χ2v) is 10.5. The molecule has 12 nitrogen and oxygen atoms in total. The van der Waals surface area contributed by atoms with E-state index in [1.54, 1.807) is 10.8 Å². The Labute approximate surface area is 189 Å². The maximum atomic E-state index is 13.0. The third-order valence-corrected chi connectivity index (χ3v) is 6.75. The van der Waals surface area contributed by atoms with E-state index in [2.05, 4.69) is 20.3 Å². The van der Waals surface area contributed by atoms with Gasteiger partial charge >= 0.3 is 6.03 Å². The van der Waals surface area contributed by atoms with Crippen molar-refractivity contribution in [2.75, 3.05) is 18.7 Å². The zero-order valence-electron chi connectivity index (χ0n) is 17.2. The molecule has 15 heteroatoms. The first-order valence-electron chi connectivity index (χ1n) is 9.08. The fraction of sp³-hybridized carbons (Fsp3) is 0.294. The summed E-state index contributed by atoms with van der Waals surface area (Å²) in [6, 6.07) is 3.27. The Kier molecular flexibility index (Phi) is 6.57. The first-order chi connectivity index (χ1) is 14.9. The number of nitrogens with zero attached hydrogens (tertiary/aromatic N) is 4. The molecule has 0 radical (unpaired) electrons. The van der Waals surface area contributed by atoms with Crippen LogP contribution in [-0.2, 0) is 26.3 Å². The molecule has 3 aromatic heterocycles. The Bertz CT molecular complexity index is 1400. The molecule has 0 aliphatic rings. The van der Waals surface area contributed by atoms with E-state index in [-0.39, 0.29) is 22.6 Å². The number of fused-ring (bicyclic) bond motifs is 1. The fourth-order valence-electron chi connectivity index (χ4n) is 2.82. The summed E-state index contributed by atoms with van der Waals surface area (Å²) in [5, 5.41) is 0.687. The Balaban J connectivity index is 2.03. The summed E-state index contributed by atoms with van der Waals surface area (Å²) in [6.07, 6.45) is 3.71. The molecule has 0 atom stereocenters. The van der Waals surface area contributed by atoms with Gasteiger partial charge in [0, 0.05) is 18.5 Å². The summed E-state index contributed by atoms with van der Waals surface area (Å²) < 4.78 is 58.4. The predicted molar refractivity (Wildman–Crippen MR) is 115 cm³/mol. The number of imidazole rings is 1. The van der Waals surface area contributed by atoms with Crippen molar-refractivity contribution in [3.63, 3.8) is 0 Å². The van der Waals surface area contributed by atoms with Crippen molar-refractivity contribution >= 4 is 49.1 Å². The zero-order chi connectivity index (χ0) is 23.7. The topological polar surface area (TPSA) is 162 Å². The number of hydrogen-bond donors (Lipinski definition) is 2. The summed E-state index contributed by atoms with van der Waals surface area (Å²) in [4.78, 5) is 23.9. The number of pyridine rings is 1. The van der Waals surface area contributed by atoms with Crippen LogP contribution in [0.3, 0.4) is 0 Å². The highest BCUT2D eigenvalue weighted by Crippen LogP contribution is 2.24. The molecule has 172 valence electrons. The molecule has 0 saturated heterocycles. The number of carbonyl (C=O) groups excluding carboxylic acids is 1. The lowest BCUT2D eigenvalue weighted by Crippen LogP contribution is -2.36. The molecule has 0 unspecified atom stereocenters. The molecule has 2 amide bonds. The largest absolute Gasteiger partial charge is 0.481 e. The van der Waals surface area contributed by atoms with Crippen molar-refractivity contribution in [3.05, 3.63) is 35.1 Å². The normalized spacial score (nSPS) is 12.0. The average Bonchev–Trinajstić information content (AvgIpc) is 3.07. The van der Waals surface area contributed by atoms with E-state index in [0.717, 1.165) is 22.6 Å². The van der Waals surface area contributed by atoms with Crippen LogP contribution in [0.5, 0.6) is 5.88 Å². The summed E-state index contributed by atoms with van der Waals surface area (Å²) in [5.41, 5.74) is 0.853. The molecular formula is C17H19ClN6O6S2. The van der Waals surface area contributed by atoms with Gasteiger partial charge in [0.25, 0.3) is 10.0 Å². The molecule has 0 bridgehead atoms. The van der Waals surface area contributed by atoms with Crippen molar-refractivity contribution in [3.8, 4) is 5.88 Å². The van der Waals surface area contributed by atoms with E-state index in [0.29, 0.717) is 6.42 Å². The second-order valence-electron chi connectivity index (χ2n) is 6.63. The number of methoxy groups -OCH3 is 1. The van der Waals surface area contributed by atoms with Crippen molar-refractivity contribution in [2.24, 2.45) is 0 Å². The lowest BCUT2D eigenvalue weighted by molar-refractivity contribution is 0.256. The number of nitrogens with one attached hydrogen (secondary N) is 2. The number of sulfone groups is 1. The van der Waals surface area contributed by atoms with E-state index in [1.807, 2.05) is 6.92 Å². The average molecular weight is 503 g/mol. The van der Waals surface area contributed by atoms with Gasteiger partial charge in [-0.3, -0.25) is 9.72 Å². The minimum absolute atomic E-state index is 0.0350. The number of amides is 2. The van der Waals surface area contributed by atoms with E-state index in [9.17, 15) is 21.6 Å². The number of halogens is 1. The fourth-order valence-corrected chi connectivity index (χ4v) is 5.53. The van der Waals surface area contributed by atoms with Crippen molar-refractivity contribution < 1.29 is 26.4 Å². The summed E-state index contributed by atoms with van der Waals surface area (Å²) in [5.74, 6) is -0.290. The number of hydrogen-bond acceptors (Lipinski definition) is 9. The van der Waals surface area contributed by atoms with Gasteiger partial charge in [-0.25, -0.2) is 27.9 Å². The van der Waals surface area contributed by atoms with Crippen LogP contribution in [-0.4, -0.2) is 55.6 Å². The number of carbonyl (C=O) groups is 1. The van der Waals surface area contributed by atoms with Crippen LogP contribution in [0.2, 0.25) is 5.15 Å². The minimum Gasteiger partial charge on any atom is -0.481 e. The molecule has 3 rings (SSSR count). The van der Waals surface area contributed by atoms with Crippen LogP contribution in [0, 0.1) is 0 Å². The monoisotopic (exact) mass is 502 g/mol. The molecule has 32 heavy (non-hydrogen) atoms. The maximum Gasteiger partial charge on any atom is 0.335 e. The number of sulfonamides is 1. The first-order valence-corrected chi connectivity index (χ1v) is 12.8. The summed E-state index contributed by atoms with van der Waals surface area (Å²) >= 11 is 5.80. The summed E-state index contributed by atoms with van der Waals surface area (Å²) in [7, 11) is -7.43. The number of ether oxygens (including phenoxy) is 1. The number of rotatable bonds is 7. The second kappa shape index (κ2) is 8.88. The zero-order valence-corrected chi connectivity index (χ0v) is 19.5. The molecule has 3 aromatic rings. The molecule has 0 spiro atoms. The van der Waals surface area contributed by atoms with Gasteiger partial charge in [-0.15, -0.1) is 0 Å². The standard InChI is InChI=1S/C17H19ClN6O6S2/c1-4-5-10-6-7-12-20-14(31(3,26)27)15(24(12)9-10)32(28,29)23-17(25)22-16-19-11(18)8-13(21-16)30-2/h6-9H,4-5H2,1-3H3,(H2,19,21,22,23,25). The molecule has 0 saturated carbocycles. The molecule has 3 heterocycles. The van der Waals surface area contributed by atoms with Gasteiger partial charge in [0.1, 0.15) is 10.8 Å². The van der Waals surface area contributed by atoms with Gasteiger partial charge in [-0.2, -0.15) is 13.4 Å². The molecule has 2 N–H and O–H groups in total. The molecule has 0 fully saturated rings. The third-order valence-electron chi connectivity index (χ3n) is 4.08. The predicted octanol–water partition coefficient (Wildman–Crippen LogP) is 1.65. The highest BCUT2D eigenvalue weighted by atomic mass is 35.5. The Morgan fingerprint density at radius 3 is 2.53 bits per heavy atom. The van der Waals surface area contributed by atoms with Crippen molar-refractivity contribution in [1.82, 2.24) is 24.1 Å². The van der Waals surface area contributed by atoms with Gasteiger partial charge < -0.3 is 4.74 Å². The first kappa shape index (κ1) is 23.7. The summed E-state index contributed by atoms with van der Waals surface area (Å²) in [6.45, 7) is 1.94. The smallest absolute Gasteiger partial charge is 0.335 e. The van der Waals surface area contributed by atoms with Crippen LogP contribution < -0.4 is 14.8 Å². The van der Waals surface area contributed by atoms with Gasteiger partial charge in [0.05, 0.1) is 7.11 Å². The highest BCUT2D eigenvalue weighted by molar-refractivity contribution is 7.93. The van der Waals surface area contributed by atoms with Crippen LogP contribution in [0.15, 0.2) is 34.4 Å². The highest BCUT2D eigenvalue weighted by Gasteiger charge is 2.32. The number of anilines is 1. The Morgan fingerprint density at radius 2 is 1.91 bits per heavy atom. The maximum absolute atomic E-state index is 13.0. The SMILES string of the molecule is CCCc1ccc2nc(S(C)(=O)=O)c(S(=O)(=O)NC(=O)Nc3nc(Cl)cc(OC)n3)n2c1. The van der Waals surface area contributed by atoms with Gasteiger partial charge in [0.15, 0.2) is 19.9 Å². The number of aromatic nitrogens is 4. The quantitative estimate of drug-likeness (QED) is 0.457. The molecular weight excluding hydrogens is 484 g/mol. The van der Waals surface area contributed by atoms with Gasteiger partial charge in [0.2, 0.25) is 11.8 Å². The minimum atomic E-state index is -4.69. The van der Waals surface area contributed by atoms with Crippen LogP contribution in [0.4, 0.5) is 10.7 Å². The van der Waals surface area contributed by atoms with Crippen LogP contribution in [0.25, 0.3) is 5.65 Å². The van der Waals surface area contributed by atoms with E-state index >= 15 is 0 Å². The lowest BCUT2D eigenvalue weighted by atomic mass is 10.2. The molecule has 0 aliphatic carbocycles. The van der Waals surface area contributed by atoms with Gasteiger partial charge in [-0.1, -0.05) is 31.0 Å². The van der Waals surface area contributed by atoms with Gasteiger partial charge in [-0.05, 0) is 18.1 Å². The Morgan fingerprint density at radius 1 is 1.19 bits per heavy atom. The Hall–Kier alpha value is -2.97. The number of urea groups is 1. The van der Waals surface area contributed by atoms with E-state index < -0.39 is 35.9 Å². The van der Waals surface area contributed by atoms with Crippen molar-refractivity contribution in [1.29, 1.82) is 0 Å². The molecule has 0 aromatic carbocycles. The molecule has 0 aliphatic heterocycles.